The maximum atomic E-state index is 13.8. The number of thioether (sulfide) groups is 1. The molecule has 226 valence electrons. The molecule has 1 amide bonds. The molecule has 0 saturated carbocycles. The molecule has 5 rings (SSSR count). The minimum absolute atomic E-state index is 0.0765. The third-order valence-corrected chi connectivity index (χ3v) is 9.37. The molecule has 3 fully saturated rings. The van der Waals surface area contributed by atoms with Crippen LogP contribution in [0.5, 0.6) is 0 Å². The standard InChI is InChI=1S/C25H31F3N4O8S/c1-31(13-10-39-11-13)23(36)22(25(37)2-4-38-5-3-25)41-24-21(35)19(20(34)17(9-33)40-24)32-8-16(29-30-32)12-6-14(26)18(28)15(27)7-12/h6-8,13,17,19-22,24,33-35,37H,2-5,9-11H2,1H3/t17-,19+,20+,21-,22-,24+/m1/s1. The van der Waals surface area contributed by atoms with Gasteiger partial charge in [0.15, 0.2) is 17.5 Å². The summed E-state index contributed by atoms with van der Waals surface area (Å²) in [5.74, 6) is -4.92. The summed E-state index contributed by atoms with van der Waals surface area (Å²) < 4.78 is 58.5. The lowest BCUT2D eigenvalue weighted by molar-refractivity contribution is -0.179. The van der Waals surface area contributed by atoms with E-state index >= 15 is 0 Å². The van der Waals surface area contributed by atoms with Gasteiger partial charge in [0.05, 0.1) is 37.7 Å². The van der Waals surface area contributed by atoms with E-state index in [1.165, 1.54) is 11.1 Å². The first-order chi connectivity index (χ1) is 19.5. The first-order valence-electron chi connectivity index (χ1n) is 13.0. The van der Waals surface area contributed by atoms with E-state index in [4.69, 9.17) is 14.2 Å². The smallest absolute Gasteiger partial charge is 0.238 e. The monoisotopic (exact) mass is 604 g/mol. The molecule has 0 radical (unpaired) electrons. The lowest BCUT2D eigenvalue weighted by Gasteiger charge is -2.46. The van der Waals surface area contributed by atoms with Gasteiger partial charge in [0.2, 0.25) is 5.91 Å². The summed E-state index contributed by atoms with van der Waals surface area (Å²) in [6.07, 6.45) is -2.79. The molecule has 3 aliphatic heterocycles. The van der Waals surface area contributed by atoms with E-state index in [0.717, 1.165) is 28.6 Å². The van der Waals surface area contributed by atoms with Gasteiger partial charge in [0.25, 0.3) is 0 Å². The molecule has 2 aromatic rings. The molecule has 0 unspecified atom stereocenters. The number of aromatic nitrogens is 3. The maximum absolute atomic E-state index is 13.8. The van der Waals surface area contributed by atoms with E-state index in [2.05, 4.69) is 10.3 Å². The largest absolute Gasteiger partial charge is 0.394 e. The Hall–Kier alpha value is -2.31. The highest BCUT2D eigenvalue weighted by Crippen LogP contribution is 2.42. The van der Waals surface area contributed by atoms with Gasteiger partial charge in [-0.2, -0.15) is 0 Å². The number of halogens is 3. The molecule has 1 aromatic heterocycles. The topological polar surface area (TPSA) is 160 Å². The second kappa shape index (κ2) is 12.1. The lowest BCUT2D eigenvalue weighted by atomic mass is 9.89. The summed E-state index contributed by atoms with van der Waals surface area (Å²) in [7, 11) is 1.60. The average Bonchev–Trinajstić information content (AvgIpc) is 3.40. The van der Waals surface area contributed by atoms with E-state index in [0.29, 0.717) is 13.2 Å². The molecule has 0 bridgehead atoms. The van der Waals surface area contributed by atoms with Crippen molar-refractivity contribution in [2.24, 2.45) is 0 Å². The number of likely N-dealkylation sites (N-methyl/N-ethyl adjacent to an activating group) is 1. The van der Waals surface area contributed by atoms with Crippen LogP contribution in [-0.2, 0) is 19.0 Å². The summed E-state index contributed by atoms with van der Waals surface area (Å²) in [5, 5.41) is 50.5. The van der Waals surface area contributed by atoms with Crippen molar-refractivity contribution < 1.29 is 52.6 Å². The van der Waals surface area contributed by atoms with Crippen molar-refractivity contribution in [3.8, 4) is 11.3 Å². The molecular formula is C25H31F3N4O8S. The van der Waals surface area contributed by atoms with Crippen LogP contribution in [0.1, 0.15) is 18.9 Å². The van der Waals surface area contributed by atoms with Crippen molar-refractivity contribution in [3.05, 3.63) is 35.8 Å². The molecule has 0 spiro atoms. The number of aliphatic hydroxyl groups is 4. The number of carbonyl (C=O) groups is 1. The summed E-state index contributed by atoms with van der Waals surface area (Å²) in [5.41, 5.74) is -2.95. The lowest BCUT2D eigenvalue weighted by Crippen LogP contribution is -2.60. The first-order valence-corrected chi connectivity index (χ1v) is 14.0. The third kappa shape index (κ3) is 5.84. The average molecular weight is 605 g/mol. The van der Waals surface area contributed by atoms with Gasteiger partial charge >= 0.3 is 0 Å². The van der Waals surface area contributed by atoms with Crippen LogP contribution in [0.25, 0.3) is 11.3 Å². The minimum Gasteiger partial charge on any atom is -0.394 e. The van der Waals surface area contributed by atoms with Crippen LogP contribution in [0.4, 0.5) is 13.2 Å². The van der Waals surface area contributed by atoms with Crippen molar-refractivity contribution in [2.45, 2.75) is 59.5 Å². The molecule has 4 heterocycles. The highest BCUT2D eigenvalue weighted by Gasteiger charge is 2.52. The molecule has 4 N–H and O–H groups in total. The van der Waals surface area contributed by atoms with E-state index < -0.39 is 70.6 Å². The predicted octanol–water partition coefficient (Wildman–Crippen LogP) is -0.157. The number of hydrogen-bond acceptors (Lipinski definition) is 11. The second-order valence-corrected chi connectivity index (χ2v) is 11.6. The zero-order valence-electron chi connectivity index (χ0n) is 22.0. The molecular weight excluding hydrogens is 573 g/mol. The van der Waals surface area contributed by atoms with Crippen LogP contribution in [0.2, 0.25) is 0 Å². The number of aliphatic hydroxyl groups excluding tert-OH is 3. The Morgan fingerprint density at radius 1 is 1.17 bits per heavy atom. The summed E-state index contributed by atoms with van der Waals surface area (Å²) >= 11 is 0.861. The van der Waals surface area contributed by atoms with Gasteiger partial charge in [-0.1, -0.05) is 5.21 Å². The van der Waals surface area contributed by atoms with Crippen LogP contribution in [0, 0.1) is 17.5 Å². The maximum Gasteiger partial charge on any atom is 0.238 e. The van der Waals surface area contributed by atoms with Crippen molar-refractivity contribution in [1.82, 2.24) is 19.9 Å². The number of hydrogen-bond donors (Lipinski definition) is 4. The fourth-order valence-electron chi connectivity index (χ4n) is 5.10. The fourth-order valence-corrected chi connectivity index (χ4v) is 6.67. The van der Waals surface area contributed by atoms with Gasteiger partial charge in [-0.15, -0.1) is 16.9 Å². The Balaban J connectivity index is 1.43. The quantitative estimate of drug-likeness (QED) is 0.297. The van der Waals surface area contributed by atoms with Crippen molar-refractivity contribution >= 4 is 17.7 Å². The molecule has 16 heteroatoms. The Morgan fingerprint density at radius 3 is 2.41 bits per heavy atom. The van der Waals surface area contributed by atoms with E-state index in [1.54, 1.807) is 7.05 Å². The van der Waals surface area contributed by atoms with Gasteiger partial charge in [-0.05, 0) is 12.1 Å². The van der Waals surface area contributed by atoms with E-state index in [-0.39, 0.29) is 43.4 Å². The zero-order valence-corrected chi connectivity index (χ0v) is 22.8. The van der Waals surface area contributed by atoms with Gasteiger partial charge in [-0.3, -0.25) is 4.79 Å². The summed E-state index contributed by atoms with van der Waals surface area (Å²) in [4.78, 5) is 15.2. The Morgan fingerprint density at radius 2 is 1.83 bits per heavy atom. The van der Waals surface area contributed by atoms with Crippen LogP contribution < -0.4 is 0 Å². The summed E-state index contributed by atoms with van der Waals surface area (Å²) in [6, 6.07) is -0.00572. The first kappa shape index (κ1) is 30.2. The van der Waals surface area contributed by atoms with Gasteiger partial charge in [0, 0.05) is 38.7 Å². The molecule has 1 aromatic carbocycles. The van der Waals surface area contributed by atoms with Gasteiger partial charge in [-0.25, -0.2) is 17.9 Å². The molecule has 41 heavy (non-hydrogen) atoms. The number of carbonyl (C=O) groups excluding carboxylic acids is 1. The van der Waals surface area contributed by atoms with Crippen molar-refractivity contribution in [1.29, 1.82) is 0 Å². The SMILES string of the molecule is CN(C(=O)[C@@H](S[C@@H]1O[C@H](CO)[C@H](O)[C@H](n2cc(-c3cc(F)c(F)c(F)c3)nn2)[C@H]1O)C1(O)CCOCC1)C1COC1. The van der Waals surface area contributed by atoms with E-state index in [1.807, 2.05) is 0 Å². The summed E-state index contributed by atoms with van der Waals surface area (Å²) in [6.45, 7) is 0.478. The highest BCUT2D eigenvalue weighted by atomic mass is 32.2. The number of benzene rings is 1. The zero-order chi connectivity index (χ0) is 29.5. The van der Waals surface area contributed by atoms with Gasteiger partial charge < -0.3 is 39.5 Å². The van der Waals surface area contributed by atoms with Crippen LogP contribution >= 0.6 is 11.8 Å². The third-order valence-electron chi connectivity index (χ3n) is 7.80. The van der Waals surface area contributed by atoms with E-state index in [9.17, 15) is 38.4 Å². The van der Waals surface area contributed by atoms with Crippen molar-refractivity contribution in [2.75, 3.05) is 40.1 Å². The predicted molar refractivity (Wildman–Crippen MR) is 136 cm³/mol. The Bertz CT molecular complexity index is 1220. The van der Waals surface area contributed by atoms with Crippen molar-refractivity contribution in [3.63, 3.8) is 0 Å². The number of nitrogens with zero attached hydrogens (tertiary/aromatic N) is 4. The number of ether oxygens (including phenoxy) is 3. The Kier molecular flexibility index (Phi) is 8.92. The number of rotatable bonds is 8. The normalized spacial score (nSPS) is 29.1. The number of amides is 1. The fraction of sp³-hybridized carbons (Fsp3) is 0.640. The molecule has 3 saturated heterocycles. The van der Waals surface area contributed by atoms with Crippen LogP contribution in [0.15, 0.2) is 18.3 Å². The van der Waals surface area contributed by atoms with Crippen LogP contribution in [0.3, 0.4) is 0 Å². The molecule has 12 nitrogen and oxygen atoms in total. The van der Waals surface area contributed by atoms with Gasteiger partial charge in [0.1, 0.15) is 40.7 Å². The second-order valence-electron chi connectivity index (χ2n) is 10.4. The molecule has 3 aliphatic rings. The highest BCUT2D eigenvalue weighted by molar-refractivity contribution is 8.01. The Labute approximate surface area is 237 Å². The van der Waals surface area contributed by atoms with Crippen LogP contribution in [-0.4, -0.2) is 127 Å². The minimum atomic E-state index is -1.65. The molecule has 0 aliphatic carbocycles. The molecule has 6 atom stereocenters.